The van der Waals surface area contributed by atoms with E-state index in [2.05, 4.69) is 45.8 Å². The predicted octanol–water partition coefficient (Wildman–Crippen LogP) is 3.68. The van der Waals surface area contributed by atoms with Crippen molar-refractivity contribution < 1.29 is 0 Å². The van der Waals surface area contributed by atoms with Gasteiger partial charge in [0.15, 0.2) is 0 Å². The van der Waals surface area contributed by atoms with E-state index in [0.717, 1.165) is 49.0 Å². The topological polar surface area (TPSA) is 67.7 Å². The average molecular weight is 421 g/mol. The molecule has 0 radical (unpaired) electrons. The fourth-order valence-corrected chi connectivity index (χ4v) is 3.54. The van der Waals surface area contributed by atoms with Crippen molar-refractivity contribution >= 4 is 30.6 Å². The monoisotopic (exact) mass is 420 g/mol. The van der Waals surface area contributed by atoms with Gasteiger partial charge in [0.25, 0.3) is 0 Å². The summed E-state index contributed by atoms with van der Waals surface area (Å²) in [5.74, 6) is 1.78. The summed E-state index contributed by atoms with van der Waals surface area (Å²) in [5, 5.41) is 11.5. The van der Waals surface area contributed by atoms with Crippen molar-refractivity contribution in [3.63, 3.8) is 0 Å². The van der Waals surface area contributed by atoms with Crippen LogP contribution >= 0.6 is 24.8 Å². The molecule has 150 valence electrons. The van der Waals surface area contributed by atoms with Crippen LogP contribution in [0.2, 0.25) is 0 Å². The molecule has 1 aliphatic heterocycles. The average Bonchev–Trinajstić information content (AvgIpc) is 3.07. The zero-order valence-corrected chi connectivity index (χ0v) is 17.7. The van der Waals surface area contributed by atoms with Crippen LogP contribution in [0.25, 0.3) is 5.69 Å². The normalized spacial score (nSPS) is 14.1. The molecule has 0 spiro atoms. The molecule has 4 rings (SSSR count). The number of aryl methyl sites for hydroxylation is 1. The van der Waals surface area contributed by atoms with E-state index in [1.54, 1.807) is 6.20 Å². The third-order valence-corrected chi connectivity index (χ3v) is 4.80. The van der Waals surface area contributed by atoms with E-state index < -0.39 is 0 Å². The number of nitrogens with zero attached hydrogens (tertiary/aromatic N) is 4. The number of hydrogen-bond acceptors (Lipinski definition) is 5. The lowest BCUT2D eigenvalue weighted by Crippen LogP contribution is -2.17. The van der Waals surface area contributed by atoms with Crippen molar-refractivity contribution in [1.82, 2.24) is 25.1 Å². The summed E-state index contributed by atoms with van der Waals surface area (Å²) in [7, 11) is 0. The lowest BCUT2D eigenvalue weighted by Gasteiger charge is -2.21. The van der Waals surface area contributed by atoms with E-state index >= 15 is 0 Å². The third-order valence-electron chi connectivity index (χ3n) is 4.80. The Morgan fingerprint density at radius 1 is 1.07 bits per heavy atom. The van der Waals surface area contributed by atoms with Crippen molar-refractivity contribution in [1.29, 1.82) is 0 Å². The Hall–Kier alpha value is -2.15. The van der Waals surface area contributed by atoms with Crippen molar-refractivity contribution in [2.75, 3.05) is 18.4 Å². The van der Waals surface area contributed by atoms with Gasteiger partial charge in [-0.3, -0.25) is 0 Å². The Morgan fingerprint density at radius 3 is 2.64 bits per heavy atom. The molecular weight excluding hydrogens is 395 g/mol. The fourth-order valence-electron chi connectivity index (χ4n) is 3.54. The number of hydrogen-bond donors (Lipinski definition) is 2. The van der Waals surface area contributed by atoms with Gasteiger partial charge < -0.3 is 10.6 Å². The summed E-state index contributed by atoms with van der Waals surface area (Å²) in [4.78, 5) is 9.38. The number of fused-ring (bicyclic) bond motifs is 1. The zero-order valence-electron chi connectivity index (χ0n) is 16.1. The van der Waals surface area contributed by atoms with Crippen LogP contribution in [0, 0.1) is 6.92 Å². The predicted molar refractivity (Wildman–Crippen MR) is 117 cm³/mol. The lowest BCUT2D eigenvalue weighted by atomic mass is 10.0. The number of anilines is 1. The molecule has 3 aromatic rings. The zero-order chi connectivity index (χ0) is 17.9. The second-order valence-electron chi connectivity index (χ2n) is 6.67. The van der Waals surface area contributed by atoms with Crippen molar-refractivity contribution in [2.45, 2.75) is 32.7 Å². The number of halogens is 2. The molecule has 0 saturated heterocycles. The van der Waals surface area contributed by atoms with Crippen LogP contribution in [-0.4, -0.2) is 32.8 Å². The van der Waals surface area contributed by atoms with Gasteiger partial charge in [0.2, 0.25) is 0 Å². The fraction of sp³-hybridized carbons (Fsp3) is 0.350. The van der Waals surface area contributed by atoms with Crippen LogP contribution in [0.4, 0.5) is 5.82 Å². The number of aromatic nitrogens is 4. The molecule has 0 saturated carbocycles. The molecule has 1 aliphatic rings. The highest BCUT2D eigenvalue weighted by Crippen LogP contribution is 2.27. The van der Waals surface area contributed by atoms with Crippen LogP contribution in [0.5, 0.6) is 0 Å². The first-order chi connectivity index (χ1) is 12.7. The van der Waals surface area contributed by atoms with Crippen molar-refractivity contribution in [3.8, 4) is 5.69 Å². The highest BCUT2D eigenvalue weighted by atomic mass is 35.5. The molecule has 3 heterocycles. The minimum absolute atomic E-state index is 0. The van der Waals surface area contributed by atoms with Gasteiger partial charge in [0, 0.05) is 30.9 Å². The maximum atomic E-state index is 4.71. The van der Waals surface area contributed by atoms with Gasteiger partial charge in [-0.15, -0.1) is 24.8 Å². The summed E-state index contributed by atoms with van der Waals surface area (Å²) >= 11 is 0. The summed E-state index contributed by atoms with van der Waals surface area (Å²) in [6.07, 6.45) is 5.67. The summed E-state index contributed by atoms with van der Waals surface area (Å²) in [5.41, 5.74) is 4.67. The highest BCUT2D eigenvalue weighted by molar-refractivity contribution is 5.85. The van der Waals surface area contributed by atoms with Gasteiger partial charge in [0.1, 0.15) is 11.6 Å². The minimum Gasteiger partial charge on any atom is -0.363 e. The molecule has 2 N–H and O–H groups in total. The van der Waals surface area contributed by atoms with Crippen LogP contribution in [0.1, 0.15) is 35.6 Å². The standard InChI is InChI=1S/C20H24N6.2ClH/c1-14(16-6-3-4-7-19(16)26-13-5-10-22-26)23-20-17-8-11-21-12-9-18(17)24-15(2)25-20;;/h3-7,10,13-14,21H,8-9,11-12H2,1-2H3,(H,23,24,25);2*1H. The van der Waals surface area contributed by atoms with Crippen molar-refractivity contribution in [3.05, 3.63) is 65.4 Å². The molecule has 1 atom stereocenters. The van der Waals surface area contributed by atoms with Crippen molar-refractivity contribution in [2.24, 2.45) is 0 Å². The molecule has 0 bridgehead atoms. The Labute approximate surface area is 178 Å². The van der Waals surface area contributed by atoms with E-state index in [4.69, 9.17) is 4.98 Å². The maximum absolute atomic E-state index is 4.71. The van der Waals surface area contributed by atoms with Gasteiger partial charge in [-0.25, -0.2) is 14.6 Å². The number of benzene rings is 1. The molecule has 6 nitrogen and oxygen atoms in total. The van der Waals surface area contributed by atoms with Gasteiger partial charge >= 0.3 is 0 Å². The summed E-state index contributed by atoms with van der Waals surface area (Å²) < 4.78 is 1.91. The van der Waals surface area contributed by atoms with Crippen LogP contribution in [0.15, 0.2) is 42.7 Å². The molecular formula is C20H26Cl2N6. The Balaban J connectivity index is 0.00000140. The first-order valence-corrected chi connectivity index (χ1v) is 9.15. The molecule has 0 fully saturated rings. The maximum Gasteiger partial charge on any atom is 0.133 e. The lowest BCUT2D eigenvalue weighted by molar-refractivity contribution is 0.708. The smallest absolute Gasteiger partial charge is 0.133 e. The van der Waals surface area contributed by atoms with E-state index in [1.807, 2.05) is 29.9 Å². The van der Waals surface area contributed by atoms with Crippen LogP contribution in [0.3, 0.4) is 0 Å². The van der Waals surface area contributed by atoms with E-state index in [9.17, 15) is 0 Å². The van der Waals surface area contributed by atoms with Gasteiger partial charge in [-0.1, -0.05) is 18.2 Å². The Morgan fingerprint density at radius 2 is 1.86 bits per heavy atom. The molecule has 0 amide bonds. The first-order valence-electron chi connectivity index (χ1n) is 9.15. The second kappa shape index (κ2) is 9.87. The number of para-hydroxylation sites is 1. The number of nitrogens with one attached hydrogen (secondary N) is 2. The van der Waals surface area contributed by atoms with E-state index in [1.165, 1.54) is 11.1 Å². The molecule has 0 aliphatic carbocycles. The van der Waals surface area contributed by atoms with E-state index in [0.29, 0.717) is 0 Å². The largest absolute Gasteiger partial charge is 0.363 e. The van der Waals surface area contributed by atoms with E-state index in [-0.39, 0.29) is 30.9 Å². The first kappa shape index (κ1) is 22.1. The Bertz CT molecular complexity index is 898. The quantitative estimate of drug-likeness (QED) is 0.673. The highest BCUT2D eigenvalue weighted by Gasteiger charge is 2.19. The molecule has 2 aromatic heterocycles. The Kier molecular flexibility index (Phi) is 7.80. The van der Waals surface area contributed by atoms with Gasteiger partial charge in [0.05, 0.1) is 17.4 Å². The minimum atomic E-state index is 0. The van der Waals surface area contributed by atoms with Crippen LogP contribution < -0.4 is 10.6 Å². The third kappa shape index (κ3) is 4.63. The molecule has 8 heteroatoms. The molecule has 1 unspecified atom stereocenters. The molecule has 28 heavy (non-hydrogen) atoms. The second-order valence-corrected chi connectivity index (χ2v) is 6.67. The summed E-state index contributed by atoms with van der Waals surface area (Å²) in [6.45, 7) is 6.07. The van der Waals surface area contributed by atoms with Gasteiger partial charge in [-0.2, -0.15) is 5.10 Å². The van der Waals surface area contributed by atoms with Gasteiger partial charge in [-0.05, 0) is 44.5 Å². The SMILES string of the molecule is Cc1nc2c(c(NC(C)c3ccccc3-n3cccn3)n1)CCNCC2.Cl.Cl. The van der Waals surface area contributed by atoms with Crippen LogP contribution in [-0.2, 0) is 12.8 Å². The summed E-state index contributed by atoms with van der Waals surface area (Å²) in [6, 6.07) is 10.4. The number of rotatable bonds is 4. The molecule has 1 aromatic carbocycles.